The van der Waals surface area contributed by atoms with Crippen molar-refractivity contribution in [3.8, 4) is 0 Å². The molecular weight excluding hydrogens is 310 g/mol. The summed E-state index contributed by atoms with van der Waals surface area (Å²) in [7, 11) is 0. The van der Waals surface area contributed by atoms with Crippen LogP contribution in [0.25, 0.3) is 17.1 Å². The highest BCUT2D eigenvalue weighted by Gasteiger charge is 2.36. The number of carbonyl (C=O) groups is 2. The van der Waals surface area contributed by atoms with Gasteiger partial charge in [0, 0.05) is 29.9 Å². The van der Waals surface area contributed by atoms with Gasteiger partial charge in [0.15, 0.2) is 11.3 Å². The summed E-state index contributed by atoms with van der Waals surface area (Å²) in [5, 5.41) is 13.1. The van der Waals surface area contributed by atoms with Crippen molar-refractivity contribution in [2.75, 3.05) is 6.54 Å². The third-order valence-electron chi connectivity index (χ3n) is 4.12. The van der Waals surface area contributed by atoms with Crippen molar-refractivity contribution in [3.05, 3.63) is 47.3 Å². The number of fused-ring (bicyclic) bond motifs is 1. The number of ketones is 1. The Bertz CT molecular complexity index is 905. The van der Waals surface area contributed by atoms with E-state index in [1.807, 2.05) is 6.07 Å². The maximum atomic E-state index is 12.4. The minimum atomic E-state index is -1.29. The minimum Gasteiger partial charge on any atom is -0.477 e. The number of pyridine rings is 1. The van der Waals surface area contributed by atoms with Gasteiger partial charge in [-0.1, -0.05) is 0 Å². The van der Waals surface area contributed by atoms with Crippen LogP contribution in [0.15, 0.2) is 41.7 Å². The quantitative estimate of drug-likeness (QED) is 0.572. The number of aliphatic carboxylic acids is 1. The zero-order valence-electron chi connectivity index (χ0n) is 12.7. The molecule has 2 aromatic heterocycles. The number of Topliss-reactive ketones (excluding diaryl/α,β-unsaturated/α-hetero) is 1. The number of hydrogen-bond acceptors (Lipinski definition) is 5. The summed E-state index contributed by atoms with van der Waals surface area (Å²) in [6.07, 6.45) is 7.13. The van der Waals surface area contributed by atoms with E-state index in [1.165, 1.54) is 6.08 Å². The van der Waals surface area contributed by atoms with Crippen molar-refractivity contribution in [3.63, 3.8) is 0 Å². The highest BCUT2D eigenvalue weighted by molar-refractivity contribution is 6.26. The summed E-state index contributed by atoms with van der Waals surface area (Å²) in [6.45, 7) is 0.615. The Morgan fingerprint density at radius 3 is 3.08 bits per heavy atom. The minimum absolute atomic E-state index is 0.00421. The lowest BCUT2D eigenvalue weighted by atomic mass is 10.1. The van der Waals surface area contributed by atoms with E-state index in [0.717, 1.165) is 23.8 Å². The summed E-state index contributed by atoms with van der Waals surface area (Å²) in [6, 6.07) is 3.65. The van der Waals surface area contributed by atoms with Gasteiger partial charge in [-0.2, -0.15) is 0 Å². The average Bonchev–Trinajstić information content (AvgIpc) is 3.23. The first kappa shape index (κ1) is 14.5. The highest BCUT2D eigenvalue weighted by atomic mass is 16.5. The molecule has 3 N–H and O–H groups in total. The number of nitrogens with one attached hydrogen (secondary N) is 2. The van der Waals surface area contributed by atoms with E-state index in [4.69, 9.17) is 4.74 Å². The second-order valence-corrected chi connectivity index (χ2v) is 5.92. The second kappa shape index (κ2) is 5.52. The lowest BCUT2D eigenvalue weighted by molar-refractivity contribution is -0.134. The molecule has 122 valence electrons. The second-order valence-electron chi connectivity index (χ2n) is 5.92. The summed E-state index contributed by atoms with van der Waals surface area (Å²) in [5.74, 6) is -1.36. The van der Waals surface area contributed by atoms with Crippen LogP contribution in [-0.4, -0.2) is 33.4 Å². The SMILES string of the molecule is O=C(O)C1=C(NCC2CC2)O/C(=C\c2c[nH]c3ncccc23)C1=O. The number of ether oxygens (including phenoxy) is 1. The van der Waals surface area contributed by atoms with E-state index in [2.05, 4.69) is 15.3 Å². The Morgan fingerprint density at radius 1 is 1.50 bits per heavy atom. The van der Waals surface area contributed by atoms with Crippen LogP contribution in [0, 0.1) is 5.92 Å². The van der Waals surface area contributed by atoms with Gasteiger partial charge in [0.2, 0.25) is 11.7 Å². The highest BCUT2D eigenvalue weighted by Crippen LogP contribution is 2.30. The van der Waals surface area contributed by atoms with Gasteiger partial charge >= 0.3 is 5.97 Å². The number of H-pyrrole nitrogens is 1. The largest absolute Gasteiger partial charge is 0.477 e. The van der Waals surface area contributed by atoms with Gasteiger partial charge in [0.1, 0.15) is 5.65 Å². The van der Waals surface area contributed by atoms with Crippen molar-refractivity contribution in [2.45, 2.75) is 12.8 Å². The van der Waals surface area contributed by atoms with Gasteiger partial charge in [-0.15, -0.1) is 0 Å². The van der Waals surface area contributed by atoms with Gasteiger partial charge in [-0.25, -0.2) is 9.78 Å². The molecule has 2 aromatic rings. The Balaban J connectivity index is 1.65. The normalized spacial score (nSPS) is 19.2. The third-order valence-corrected chi connectivity index (χ3v) is 4.12. The predicted molar refractivity (Wildman–Crippen MR) is 85.6 cm³/mol. The molecule has 24 heavy (non-hydrogen) atoms. The number of hydrogen-bond donors (Lipinski definition) is 3. The van der Waals surface area contributed by atoms with Crippen LogP contribution in [0.5, 0.6) is 0 Å². The van der Waals surface area contributed by atoms with Gasteiger partial charge in [0.25, 0.3) is 0 Å². The predicted octanol–water partition coefficient (Wildman–Crippen LogP) is 1.80. The van der Waals surface area contributed by atoms with E-state index < -0.39 is 11.8 Å². The molecule has 2 aliphatic rings. The molecule has 0 atom stereocenters. The number of aromatic amines is 1. The number of carboxylic acid groups (broad SMARTS) is 1. The van der Waals surface area contributed by atoms with Gasteiger partial charge in [-0.3, -0.25) is 4.79 Å². The lowest BCUT2D eigenvalue weighted by Gasteiger charge is -2.06. The van der Waals surface area contributed by atoms with E-state index in [1.54, 1.807) is 18.5 Å². The summed E-state index contributed by atoms with van der Waals surface area (Å²) < 4.78 is 5.51. The standard InChI is InChI=1S/C17H15N3O4/c21-14-12(6-10-8-19-15-11(10)2-1-5-18-15)24-16(13(14)17(22)23)20-7-9-3-4-9/h1-2,5-6,8-9,20H,3-4,7H2,(H,18,19)(H,22,23)/b12-6-. The van der Waals surface area contributed by atoms with Crippen molar-refractivity contribution >= 4 is 28.9 Å². The van der Waals surface area contributed by atoms with Gasteiger partial charge in [-0.05, 0) is 37.0 Å². The molecule has 0 unspecified atom stereocenters. The van der Waals surface area contributed by atoms with Crippen molar-refractivity contribution in [1.82, 2.24) is 15.3 Å². The third kappa shape index (κ3) is 2.54. The molecule has 7 nitrogen and oxygen atoms in total. The number of rotatable bonds is 5. The summed E-state index contributed by atoms with van der Waals surface area (Å²) >= 11 is 0. The summed E-state index contributed by atoms with van der Waals surface area (Å²) in [4.78, 5) is 31.0. The number of carboxylic acids is 1. The van der Waals surface area contributed by atoms with E-state index in [9.17, 15) is 14.7 Å². The van der Waals surface area contributed by atoms with E-state index in [0.29, 0.717) is 18.1 Å². The molecular formula is C17H15N3O4. The fourth-order valence-electron chi connectivity index (χ4n) is 2.64. The smallest absolute Gasteiger partial charge is 0.345 e. The molecule has 7 heteroatoms. The molecule has 0 saturated heterocycles. The first-order chi connectivity index (χ1) is 11.6. The molecule has 0 radical (unpaired) electrons. The Morgan fingerprint density at radius 2 is 2.33 bits per heavy atom. The molecule has 1 aliphatic heterocycles. The molecule has 0 amide bonds. The fourth-order valence-corrected chi connectivity index (χ4v) is 2.64. The molecule has 1 fully saturated rings. The van der Waals surface area contributed by atoms with Crippen LogP contribution in [-0.2, 0) is 14.3 Å². The number of carbonyl (C=O) groups excluding carboxylic acids is 1. The van der Waals surface area contributed by atoms with Crippen LogP contribution in [0.4, 0.5) is 0 Å². The van der Waals surface area contributed by atoms with Crippen LogP contribution >= 0.6 is 0 Å². The molecule has 3 heterocycles. The van der Waals surface area contributed by atoms with Crippen molar-refractivity contribution in [2.24, 2.45) is 5.92 Å². The van der Waals surface area contributed by atoms with Crippen molar-refractivity contribution < 1.29 is 19.4 Å². The van der Waals surface area contributed by atoms with E-state index in [-0.39, 0.29) is 17.2 Å². The first-order valence-electron chi connectivity index (χ1n) is 7.71. The number of aromatic nitrogens is 2. The van der Waals surface area contributed by atoms with Gasteiger partial charge in [0.05, 0.1) is 0 Å². The zero-order chi connectivity index (χ0) is 16.7. The van der Waals surface area contributed by atoms with Gasteiger partial charge < -0.3 is 20.1 Å². The lowest BCUT2D eigenvalue weighted by Crippen LogP contribution is -2.20. The number of allylic oxidation sites excluding steroid dienone is 1. The molecule has 0 spiro atoms. The van der Waals surface area contributed by atoms with Crippen LogP contribution in [0.3, 0.4) is 0 Å². The maximum Gasteiger partial charge on any atom is 0.345 e. The average molecular weight is 325 g/mol. The Hall–Kier alpha value is -3.09. The van der Waals surface area contributed by atoms with Crippen LogP contribution < -0.4 is 5.32 Å². The molecule has 0 bridgehead atoms. The van der Waals surface area contributed by atoms with Crippen LogP contribution in [0.1, 0.15) is 18.4 Å². The zero-order valence-corrected chi connectivity index (χ0v) is 12.7. The maximum absolute atomic E-state index is 12.4. The molecule has 1 saturated carbocycles. The Labute approximate surface area is 137 Å². The fraction of sp³-hybridized carbons (Fsp3) is 0.235. The van der Waals surface area contributed by atoms with Crippen LogP contribution in [0.2, 0.25) is 0 Å². The number of nitrogens with zero attached hydrogens (tertiary/aromatic N) is 1. The molecule has 4 rings (SSSR count). The monoisotopic (exact) mass is 325 g/mol. The first-order valence-corrected chi connectivity index (χ1v) is 7.71. The molecule has 1 aliphatic carbocycles. The topological polar surface area (TPSA) is 104 Å². The van der Waals surface area contributed by atoms with E-state index >= 15 is 0 Å². The molecule has 0 aromatic carbocycles. The van der Waals surface area contributed by atoms with Crippen molar-refractivity contribution in [1.29, 1.82) is 0 Å². The summed E-state index contributed by atoms with van der Waals surface area (Å²) in [5.41, 5.74) is 1.06. The Kier molecular flexibility index (Phi) is 3.34.